The van der Waals surface area contributed by atoms with Crippen molar-refractivity contribution in [2.75, 3.05) is 0 Å². The summed E-state index contributed by atoms with van der Waals surface area (Å²) in [5.74, 6) is -0.450. The molecule has 0 bridgehead atoms. The fourth-order valence-electron chi connectivity index (χ4n) is 1.36. The molecule has 0 heterocycles. The van der Waals surface area contributed by atoms with E-state index in [4.69, 9.17) is 23.2 Å². The average molecular weight is 253 g/mol. The SMILES string of the molecule is O=C1C=C/C(=C2/C=CC(=O)C(Cl)=C2)C=C1Cl. The fraction of sp³-hybridized carbons (Fsp3) is 0. The molecule has 16 heavy (non-hydrogen) atoms. The molecule has 0 fully saturated rings. The van der Waals surface area contributed by atoms with Gasteiger partial charge in [-0.05, 0) is 35.5 Å². The van der Waals surface area contributed by atoms with Gasteiger partial charge in [0, 0.05) is 0 Å². The van der Waals surface area contributed by atoms with E-state index in [0.29, 0.717) is 0 Å². The van der Waals surface area contributed by atoms with Gasteiger partial charge in [0.05, 0.1) is 10.1 Å². The van der Waals surface area contributed by atoms with Crippen LogP contribution in [0, 0.1) is 0 Å². The Labute approximate surface area is 102 Å². The molecule has 0 spiro atoms. The highest BCUT2D eigenvalue weighted by Crippen LogP contribution is 2.24. The van der Waals surface area contributed by atoms with Gasteiger partial charge in [0.15, 0.2) is 11.6 Å². The number of rotatable bonds is 0. The highest BCUT2D eigenvalue weighted by Gasteiger charge is 2.14. The smallest absolute Gasteiger partial charge is 0.197 e. The van der Waals surface area contributed by atoms with E-state index in [1.165, 1.54) is 12.2 Å². The van der Waals surface area contributed by atoms with Crippen molar-refractivity contribution in [3.63, 3.8) is 0 Å². The summed E-state index contributed by atoms with van der Waals surface area (Å²) in [5, 5.41) is 0.305. The minimum Gasteiger partial charge on any atom is -0.288 e. The van der Waals surface area contributed by atoms with Crippen molar-refractivity contribution in [1.29, 1.82) is 0 Å². The first kappa shape index (κ1) is 11.1. The maximum Gasteiger partial charge on any atom is 0.197 e. The number of hydrogen-bond acceptors (Lipinski definition) is 2. The second kappa shape index (κ2) is 4.24. The van der Waals surface area contributed by atoms with Gasteiger partial charge in [0.2, 0.25) is 0 Å². The Kier molecular flexibility index (Phi) is 2.95. The van der Waals surface area contributed by atoms with Crippen molar-refractivity contribution in [1.82, 2.24) is 0 Å². The molecule has 0 unspecified atom stereocenters. The molecule has 4 heteroatoms. The summed E-state index contributed by atoms with van der Waals surface area (Å²) in [6.07, 6.45) is 9.17. The van der Waals surface area contributed by atoms with Gasteiger partial charge in [0.25, 0.3) is 0 Å². The standard InChI is InChI=1S/C12H6Cl2O2/c13-9-5-7(1-3-11(9)15)8-2-4-12(16)10(14)6-8/h1-6H/b8-7+. The first-order valence-electron chi connectivity index (χ1n) is 4.51. The molecule has 2 aliphatic carbocycles. The third kappa shape index (κ3) is 2.08. The molecule has 0 saturated heterocycles. The van der Waals surface area contributed by atoms with E-state index in [1.54, 1.807) is 24.3 Å². The molecular formula is C12H6Cl2O2. The predicted molar refractivity (Wildman–Crippen MR) is 63.2 cm³/mol. The Hall–Kier alpha value is -1.38. The van der Waals surface area contributed by atoms with E-state index < -0.39 is 0 Å². The number of ketones is 2. The molecule has 0 saturated carbocycles. The molecule has 80 valence electrons. The summed E-state index contributed by atoms with van der Waals surface area (Å²) in [6, 6.07) is 0. The molecule has 0 N–H and O–H groups in total. The van der Waals surface area contributed by atoms with Gasteiger partial charge in [-0.1, -0.05) is 35.4 Å². The van der Waals surface area contributed by atoms with Gasteiger partial charge >= 0.3 is 0 Å². The van der Waals surface area contributed by atoms with Gasteiger partial charge in [-0.3, -0.25) is 9.59 Å². The quantitative estimate of drug-likeness (QED) is 0.665. The monoisotopic (exact) mass is 252 g/mol. The highest BCUT2D eigenvalue weighted by molar-refractivity contribution is 6.45. The van der Waals surface area contributed by atoms with Crippen LogP contribution in [0.5, 0.6) is 0 Å². The van der Waals surface area contributed by atoms with Gasteiger partial charge in [-0.15, -0.1) is 0 Å². The van der Waals surface area contributed by atoms with Gasteiger partial charge in [-0.25, -0.2) is 0 Å². The van der Waals surface area contributed by atoms with E-state index in [9.17, 15) is 9.59 Å². The fourth-order valence-corrected chi connectivity index (χ4v) is 1.72. The molecular weight excluding hydrogens is 247 g/mol. The lowest BCUT2D eigenvalue weighted by atomic mass is 9.99. The molecule has 2 rings (SSSR count). The number of hydrogen-bond donors (Lipinski definition) is 0. The van der Waals surface area contributed by atoms with Crippen LogP contribution in [0.15, 0.2) is 57.7 Å². The van der Waals surface area contributed by atoms with Crippen molar-refractivity contribution in [2.45, 2.75) is 0 Å². The Morgan fingerprint density at radius 2 is 1.06 bits per heavy atom. The molecule has 0 aliphatic heterocycles. The maximum absolute atomic E-state index is 11.1. The first-order chi connectivity index (χ1) is 7.58. The zero-order valence-electron chi connectivity index (χ0n) is 8.04. The number of allylic oxidation sites excluding steroid dienone is 10. The van der Waals surface area contributed by atoms with Crippen molar-refractivity contribution in [2.24, 2.45) is 0 Å². The highest BCUT2D eigenvalue weighted by atomic mass is 35.5. The second-order valence-electron chi connectivity index (χ2n) is 3.29. The van der Waals surface area contributed by atoms with Crippen molar-refractivity contribution >= 4 is 34.8 Å². The first-order valence-corrected chi connectivity index (χ1v) is 5.27. The Bertz CT molecular complexity index is 483. The van der Waals surface area contributed by atoms with E-state index in [0.717, 1.165) is 11.1 Å². The number of halogens is 2. The van der Waals surface area contributed by atoms with Crippen LogP contribution < -0.4 is 0 Å². The molecule has 0 radical (unpaired) electrons. The van der Waals surface area contributed by atoms with Crippen molar-refractivity contribution in [3.8, 4) is 0 Å². The summed E-state index contributed by atoms with van der Waals surface area (Å²) in [5.41, 5.74) is 1.51. The largest absolute Gasteiger partial charge is 0.288 e. The lowest BCUT2D eigenvalue weighted by Gasteiger charge is -2.09. The van der Waals surface area contributed by atoms with Crippen LogP contribution in [-0.2, 0) is 9.59 Å². The summed E-state index contributed by atoms with van der Waals surface area (Å²) < 4.78 is 0. The van der Waals surface area contributed by atoms with Crippen LogP contribution >= 0.6 is 23.2 Å². The molecule has 0 aromatic carbocycles. The molecule has 2 aliphatic rings. The third-order valence-electron chi connectivity index (χ3n) is 2.20. The summed E-state index contributed by atoms with van der Waals surface area (Å²) in [6.45, 7) is 0. The normalized spacial score (nSPS) is 24.6. The minimum absolute atomic E-state index is 0.153. The lowest BCUT2D eigenvalue weighted by molar-refractivity contribution is -0.111. The Balaban J connectivity index is 2.46. The molecule has 0 aromatic heterocycles. The topological polar surface area (TPSA) is 34.1 Å². The third-order valence-corrected chi connectivity index (χ3v) is 2.79. The number of carbonyl (C=O) groups excluding carboxylic acids is 2. The van der Waals surface area contributed by atoms with Crippen LogP contribution in [0.4, 0.5) is 0 Å². The molecule has 0 amide bonds. The molecule has 0 atom stereocenters. The van der Waals surface area contributed by atoms with Crippen LogP contribution in [0.25, 0.3) is 0 Å². The zero-order chi connectivity index (χ0) is 11.7. The van der Waals surface area contributed by atoms with Crippen molar-refractivity contribution < 1.29 is 9.59 Å². The summed E-state index contributed by atoms with van der Waals surface area (Å²) in [7, 11) is 0. The Morgan fingerprint density at radius 1 is 0.688 bits per heavy atom. The number of carbonyl (C=O) groups is 2. The average Bonchev–Trinajstić information content (AvgIpc) is 2.26. The van der Waals surface area contributed by atoms with Crippen LogP contribution in [0.3, 0.4) is 0 Å². The van der Waals surface area contributed by atoms with Crippen LogP contribution in [0.2, 0.25) is 0 Å². The Morgan fingerprint density at radius 3 is 1.38 bits per heavy atom. The molecule has 0 aromatic rings. The van der Waals surface area contributed by atoms with Crippen molar-refractivity contribution in [3.05, 3.63) is 57.7 Å². The van der Waals surface area contributed by atoms with Crippen LogP contribution in [0.1, 0.15) is 0 Å². The van der Waals surface area contributed by atoms with E-state index >= 15 is 0 Å². The zero-order valence-corrected chi connectivity index (χ0v) is 9.55. The van der Waals surface area contributed by atoms with E-state index in [-0.39, 0.29) is 21.6 Å². The van der Waals surface area contributed by atoms with Crippen LogP contribution in [-0.4, -0.2) is 11.6 Å². The lowest BCUT2D eigenvalue weighted by Crippen LogP contribution is -2.02. The van der Waals surface area contributed by atoms with E-state index in [1.807, 2.05) is 0 Å². The van der Waals surface area contributed by atoms with Gasteiger partial charge in [-0.2, -0.15) is 0 Å². The minimum atomic E-state index is -0.225. The van der Waals surface area contributed by atoms with E-state index in [2.05, 4.69) is 0 Å². The maximum atomic E-state index is 11.1. The summed E-state index contributed by atoms with van der Waals surface area (Å²) >= 11 is 11.5. The van der Waals surface area contributed by atoms with Gasteiger partial charge in [0.1, 0.15) is 0 Å². The summed E-state index contributed by atoms with van der Waals surface area (Å²) in [4.78, 5) is 22.2. The molecule has 2 nitrogen and oxygen atoms in total. The van der Waals surface area contributed by atoms with Gasteiger partial charge < -0.3 is 0 Å². The second-order valence-corrected chi connectivity index (χ2v) is 4.10. The predicted octanol–water partition coefficient (Wildman–Crippen LogP) is 2.81.